The molecule has 0 saturated heterocycles. The summed E-state index contributed by atoms with van der Waals surface area (Å²) in [6, 6.07) is 1.34. The van der Waals surface area contributed by atoms with Crippen LogP contribution < -0.4 is 5.73 Å². The number of amides is 2. The van der Waals surface area contributed by atoms with Crippen molar-refractivity contribution < 1.29 is 9.59 Å². The third-order valence-corrected chi connectivity index (χ3v) is 2.41. The molecule has 6 heteroatoms. The van der Waals surface area contributed by atoms with Crippen LogP contribution in [0.3, 0.4) is 0 Å². The Kier molecular flexibility index (Phi) is 5.23. The lowest BCUT2D eigenvalue weighted by Crippen LogP contribution is -2.33. The van der Waals surface area contributed by atoms with Crippen LogP contribution in [0.2, 0.25) is 0 Å². The maximum absolute atomic E-state index is 12.2. The van der Waals surface area contributed by atoms with Gasteiger partial charge in [-0.25, -0.2) is 9.97 Å². The van der Waals surface area contributed by atoms with Crippen LogP contribution in [0.5, 0.6) is 0 Å². The molecule has 0 aliphatic heterocycles. The number of aromatic nitrogens is 2. The van der Waals surface area contributed by atoms with Gasteiger partial charge in [0.15, 0.2) is 0 Å². The van der Waals surface area contributed by atoms with Gasteiger partial charge in [0.1, 0.15) is 17.7 Å². The van der Waals surface area contributed by atoms with Crippen LogP contribution in [-0.4, -0.2) is 39.8 Å². The molecule has 0 aliphatic carbocycles. The maximum atomic E-state index is 12.2. The second-order valence-corrected chi connectivity index (χ2v) is 3.94. The van der Waals surface area contributed by atoms with E-state index in [1.54, 1.807) is 4.90 Å². The van der Waals surface area contributed by atoms with E-state index >= 15 is 0 Å². The maximum Gasteiger partial charge on any atom is 0.272 e. The predicted octanol–water partition coefficient (Wildman–Crippen LogP) is 0.838. The standard InChI is InChI=1S/C12H18N4O2/c1-3-5-16(6-4-2)12(18)10-7-9(11(13)17)14-8-15-10/h7-8H,3-6H2,1-2H3,(H2,13,17). The minimum Gasteiger partial charge on any atom is -0.364 e. The van der Waals surface area contributed by atoms with Crippen LogP contribution in [-0.2, 0) is 0 Å². The molecular weight excluding hydrogens is 232 g/mol. The van der Waals surface area contributed by atoms with E-state index in [-0.39, 0.29) is 17.3 Å². The fourth-order valence-corrected chi connectivity index (χ4v) is 1.63. The van der Waals surface area contributed by atoms with E-state index in [1.807, 2.05) is 13.8 Å². The first-order valence-electron chi connectivity index (χ1n) is 6.01. The molecule has 2 amide bonds. The molecule has 18 heavy (non-hydrogen) atoms. The van der Waals surface area contributed by atoms with Crippen molar-refractivity contribution in [3.05, 3.63) is 23.8 Å². The van der Waals surface area contributed by atoms with Crippen molar-refractivity contribution in [2.75, 3.05) is 13.1 Å². The Morgan fingerprint density at radius 3 is 2.22 bits per heavy atom. The quantitative estimate of drug-likeness (QED) is 0.810. The summed E-state index contributed by atoms with van der Waals surface area (Å²) < 4.78 is 0. The van der Waals surface area contributed by atoms with Crippen molar-refractivity contribution in [3.63, 3.8) is 0 Å². The lowest BCUT2D eigenvalue weighted by molar-refractivity contribution is 0.0749. The molecule has 0 fully saturated rings. The van der Waals surface area contributed by atoms with Crippen molar-refractivity contribution in [1.29, 1.82) is 0 Å². The van der Waals surface area contributed by atoms with Crippen molar-refractivity contribution >= 4 is 11.8 Å². The second-order valence-electron chi connectivity index (χ2n) is 3.94. The third-order valence-electron chi connectivity index (χ3n) is 2.41. The van der Waals surface area contributed by atoms with E-state index in [0.717, 1.165) is 12.8 Å². The lowest BCUT2D eigenvalue weighted by atomic mass is 10.2. The summed E-state index contributed by atoms with van der Waals surface area (Å²) >= 11 is 0. The first-order valence-corrected chi connectivity index (χ1v) is 6.01. The van der Waals surface area contributed by atoms with Gasteiger partial charge < -0.3 is 10.6 Å². The number of nitrogens with two attached hydrogens (primary N) is 1. The molecule has 0 radical (unpaired) electrons. The average molecular weight is 250 g/mol. The first-order chi connectivity index (χ1) is 8.60. The number of carbonyl (C=O) groups excluding carboxylic acids is 2. The molecule has 1 aromatic heterocycles. The summed E-state index contributed by atoms with van der Waals surface area (Å²) in [5.74, 6) is -0.854. The van der Waals surface area contributed by atoms with Gasteiger partial charge in [0.25, 0.3) is 11.8 Å². The molecular formula is C12H18N4O2. The summed E-state index contributed by atoms with van der Waals surface area (Å²) in [6.07, 6.45) is 2.93. The molecule has 1 aromatic rings. The highest BCUT2D eigenvalue weighted by molar-refractivity contribution is 5.96. The number of nitrogens with zero attached hydrogens (tertiary/aromatic N) is 3. The number of primary amides is 1. The Bertz CT molecular complexity index is 428. The van der Waals surface area contributed by atoms with Gasteiger partial charge in [0.2, 0.25) is 0 Å². The van der Waals surface area contributed by atoms with E-state index in [1.165, 1.54) is 12.4 Å². The summed E-state index contributed by atoms with van der Waals surface area (Å²) in [5, 5.41) is 0. The molecule has 0 aliphatic rings. The summed E-state index contributed by atoms with van der Waals surface area (Å²) in [5.41, 5.74) is 5.39. The number of hydrogen-bond donors (Lipinski definition) is 1. The van der Waals surface area contributed by atoms with Gasteiger partial charge >= 0.3 is 0 Å². The smallest absolute Gasteiger partial charge is 0.272 e. The Balaban J connectivity index is 2.93. The molecule has 0 aromatic carbocycles. The minimum atomic E-state index is -0.663. The monoisotopic (exact) mass is 250 g/mol. The Morgan fingerprint density at radius 2 is 1.72 bits per heavy atom. The molecule has 0 unspecified atom stereocenters. The van der Waals surface area contributed by atoms with Crippen molar-refractivity contribution in [2.24, 2.45) is 5.73 Å². The molecule has 1 rings (SSSR count). The van der Waals surface area contributed by atoms with Gasteiger partial charge in [-0.15, -0.1) is 0 Å². The molecule has 1 heterocycles. The molecule has 98 valence electrons. The second kappa shape index (κ2) is 6.68. The topological polar surface area (TPSA) is 89.2 Å². The van der Waals surface area contributed by atoms with Gasteiger partial charge in [-0.1, -0.05) is 13.8 Å². The third kappa shape index (κ3) is 3.51. The van der Waals surface area contributed by atoms with Crippen molar-refractivity contribution in [1.82, 2.24) is 14.9 Å². The van der Waals surface area contributed by atoms with Crippen LogP contribution in [0, 0.1) is 0 Å². The van der Waals surface area contributed by atoms with Gasteiger partial charge in [-0.2, -0.15) is 0 Å². The molecule has 0 saturated carbocycles. The Morgan fingerprint density at radius 1 is 1.17 bits per heavy atom. The van der Waals surface area contributed by atoms with Gasteiger partial charge in [0, 0.05) is 19.2 Å². The van der Waals surface area contributed by atoms with Crippen LogP contribution in [0.25, 0.3) is 0 Å². The van der Waals surface area contributed by atoms with Crippen LogP contribution >= 0.6 is 0 Å². The normalized spacial score (nSPS) is 10.1. The lowest BCUT2D eigenvalue weighted by Gasteiger charge is -2.20. The molecule has 6 nitrogen and oxygen atoms in total. The van der Waals surface area contributed by atoms with Crippen LogP contribution in [0.4, 0.5) is 0 Å². The molecule has 0 atom stereocenters. The van der Waals surface area contributed by atoms with Gasteiger partial charge in [-0.05, 0) is 12.8 Å². The highest BCUT2D eigenvalue weighted by atomic mass is 16.2. The molecule has 0 spiro atoms. The van der Waals surface area contributed by atoms with Crippen LogP contribution in [0.1, 0.15) is 47.7 Å². The minimum absolute atomic E-state index is 0.0568. The number of hydrogen-bond acceptors (Lipinski definition) is 4. The summed E-state index contributed by atoms with van der Waals surface area (Å²) in [6.45, 7) is 5.35. The fraction of sp³-hybridized carbons (Fsp3) is 0.500. The first kappa shape index (κ1) is 14.1. The Hall–Kier alpha value is -1.98. The zero-order valence-corrected chi connectivity index (χ0v) is 10.7. The largest absolute Gasteiger partial charge is 0.364 e. The summed E-state index contributed by atoms with van der Waals surface area (Å²) in [7, 11) is 0. The van der Waals surface area contributed by atoms with E-state index < -0.39 is 5.91 Å². The van der Waals surface area contributed by atoms with Gasteiger partial charge in [0.05, 0.1) is 0 Å². The zero-order chi connectivity index (χ0) is 13.5. The number of rotatable bonds is 6. The Labute approximate surface area is 106 Å². The SMILES string of the molecule is CCCN(CCC)C(=O)c1cc(C(N)=O)ncn1. The highest BCUT2D eigenvalue weighted by Gasteiger charge is 2.17. The van der Waals surface area contributed by atoms with Crippen LogP contribution in [0.15, 0.2) is 12.4 Å². The van der Waals surface area contributed by atoms with E-state index in [4.69, 9.17) is 5.73 Å². The molecule has 0 bridgehead atoms. The predicted molar refractivity (Wildman–Crippen MR) is 67.0 cm³/mol. The fourth-order valence-electron chi connectivity index (χ4n) is 1.63. The average Bonchev–Trinajstić information content (AvgIpc) is 2.38. The van der Waals surface area contributed by atoms with Gasteiger partial charge in [-0.3, -0.25) is 9.59 Å². The van der Waals surface area contributed by atoms with E-state index in [0.29, 0.717) is 13.1 Å². The number of carbonyl (C=O) groups is 2. The van der Waals surface area contributed by atoms with E-state index in [9.17, 15) is 9.59 Å². The molecule has 2 N–H and O–H groups in total. The summed E-state index contributed by atoms with van der Waals surface area (Å²) in [4.78, 5) is 32.5. The van der Waals surface area contributed by atoms with E-state index in [2.05, 4.69) is 9.97 Å². The highest BCUT2D eigenvalue weighted by Crippen LogP contribution is 2.05. The zero-order valence-electron chi connectivity index (χ0n) is 10.7. The van der Waals surface area contributed by atoms with Crippen molar-refractivity contribution in [3.8, 4) is 0 Å². The van der Waals surface area contributed by atoms with Crippen molar-refractivity contribution in [2.45, 2.75) is 26.7 Å².